The smallest absolute Gasteiger partial charge is 0.0682 e. The summed E-state index contributed by atoms with van der Waals surface area (Å²) < 4.78 is 2.12. The van der Waals surface area contributed by atoms with E-state index < -0.39 is 0 Å². The third-order valence-corrected chi connectivity index (χ3v) is 3.06. The van der Waals surface area contributed by atoms with Crippen LogP contribution >= 0.6 is 0 Å². The number of pyridine rings is 1. The van der Waals surface area contributed by atoms with Gasteiger partial charge in [0.15, 0.2) is 0 Å². The van der Waals surface area contributed by atoms with Gasteiger partial charge in [0.05, 0.1) is 18.3 Å². The molecule has 0 fully saturated rings. The van der Waals surface area contributed by atoms with Crippen LogP contribution in [0.2, 0.25) is 0 Å². The molecule has 3 nitrogen and oxygen atoms in total. The molecule has 1 aromatic carbocycles. The van der Waals surface area contributed by atoms with Gasteiger partial charge in [0.2, 0.25) is 0 Å². The van der Waals surface area contributed by atoms with E-state index in [4.69, 9.17) is 5.11 Å². The number of aliphatic hydroxyl groups excluding tert-OH is 1. The molecule has 0 unspecified atom stereocenters. The lowest BCUT2D eigenvalue weighted by atomic mass is 10.1. The van der Waals surface area contributed by atoms with Crippen LogP contribution in [0.4, 0.5) is 0 Å². The van der Waals surface area contributed by atoms with Gasteiger partial charge in [-0.25, -0.2) is 0 Å². The highest BCUT2D eigenvalue weighted by Crippen LogP contribution is 2.27. The fraction of sp³-hybridized carbons (Fsp3) is 0.154. The van der Waals surface area contributed by atoms with Crippen LogP contribution in [0.3, 0.4) is 0 Å². The Morgan fingerprint density at radius 2 is 2.06 bits per heavy atom. The second-order valence-electron chi connectivity index (χ2n) is 3.96. The Hall–Kier alpha value is -1.87. The van der Waals surface area contributed by atoms with Gasteiger partial charge in [0, 0.05) is 29.5 Å². The zero-order valence-electron chi connectivity index (χ0n) is 9.01. The molecule has 2 aromatic heterocycles. The van der Waals surface area contributed by atoms with Crippen LogP contribution in [0.1, 0.15) is 5.56 Å². The van der Waals surface area contributed by atoms with Gasteiger partial charge < -0.3 is 9.67 Å². The summed E-state index contributed by atoms with van der Waals surface area (Å²) in [6.45, 7) is 0.0808. The van der Waals surface area contributed by atoms with E-state index in [2.05, 4.69) is 9.55 Å². The molecule has 0 aliphatic rings. The van der Waals surface area contributed by atoms with Crippen molar-refractivity contribution in [3.05, 3.63) is 42.2 Å². The number of benzene rings is 1. The van der Waals surface area contributed by atoms with Crippen molar-refractivity contribution in [2.24, 2.45) is 7.05 Å². The van der Waals surface area contributed by atoms with Gasteiger partial charge in [-0.3, -0.25) is 4.98 Å². The summed E-state index contributed by atoms with van der Waals surface area (Å²) in [6, 6.07) is 8.05. The molecule has 2 heterocycles. The average Bonchev–Trinajstić information content (AvgIpc) is 2.64. The minimum Gasteiger partial charge on any atom is -0.392 e. The fourth-order valence-corrected chi connectivity index (χ4v) is 2.20. The van der Waals surface area contributed by atoms with E-state index in [1.54, 1.807) is 6.20 Å². The Labute approximate surface area is 93.0 Å². The SMILES string of the molecule is Cn1c2ccc(CO)cc2c2ccncc21. The van der Waals surface area contributed by atoms with E-state index in [0.29, 0.717) is 0 Å². The topological polar surface area (TPSA) is 38.0 Å². The van der Waals surface area contributed by atoms with Gasteiger partial charge >= 0.3 is 0 Å². The molecule has 0 saturated heterocycles. The number of hydrogen-bond donors (Lipinski definition) is 1. The molecule has 0 radical (unpaired) electrons. The van der Waals surface area contributed by atoms with Crippen LogP contribution in [0.15, 0.2) is 36.7 Å². The van der Waals surface area contributed by atoms with Crippen LogP contribution in [-0.4, -0.2) is 14.7 Å². The van der Waals surface area contributed by atoms with Crippen LogP contribution in [-0.2, 0) is 13.7 Å². The van der Waals surface area contributed by atoms with Gasteiger partial charge in [-0.15, -0.1) is 0 Å². The zero-order valence-corrected chi connectivity index (χ0v) is 9.01. The second-order valence-corrected chi connectivity index (χ2v) is 3.96. The molecule has 3 heteroatoms. The molecule has 0 aliphatic carbocycles. The van der Waals surface area contributed by atoms with Crippen molar-refractivity contribution in [1.82, 2.24) is 9.55 Å². The zero-order chi connectivity index (χ0) is 11.1. The summed E-state index contributed by atoms with van der Waals surface area (Å²) in [7, 11) is 2.03. The van der Waals surface area contributed by atoms with Gasteiger partial charge in [0.25, 0.3) is 0 Å². The largest absolute Gasteiger partial charge is 0.392 e. The van der Waals surface area contributed by atoms with Gasteiger partial charge in [-0.1, -0.05) is 6.07 Å². The monoisotopic (exact) mass is 212 g/mol. The predicted molar refractivity (Wildman–Crippen MR) is 64.1 cm³/mol. The Morgan fingerprint density at radius 3 is 2.88 bits per heavy atom. The maximum Gasteiger partial charge on any atom is 0.0682 e. The van der Waals surface area contributed by atoms with Gasteiger partial charge in [0.1, 0.15) is 0 Å². The molecule has 80 valence electrons. The van der Waals surface area contributed by atoms with Crippen molar-refractivity contribution in [2.45, 2.75) is 6.61 Å². The molecule has 3 aromatic rings. The lowest BCUT2D eigenvalue weighted by molar-refractivity contribution is 0.282. The Bertz CT molecular complexity index is 670. The van der Waals surface area contributed by atoms with E-state index in [9.17, 15) is 0 Å². The molecule has 0 spiro atoms. The third kappa shape index (κ3) is 1.15. The van der Waals surface area contributed by atoms with E-state index in [-0.39, 0.29) is 6.61 Å². The van der Waals surface area contributed by atoms with Crippen LogP contribution in [0.25, 0.3) is 21.8 Å². The van der Waals surface area contributed by atoms with E-state index in [1.165, 1.54) is 16.3 Å². The summed E-state index contributed by atoms with van der Waals surface area (Å²) in [6.07, 6.45) is 3.67. The number of fused-ring (bicyclic) bond motifs is 3. The lowest BCUT2D eigenvalue weighted by Gasteiger charge is -1.98. The van der Waals surface area contributed by atoms with E-state index in [0.717, 1.165) is 11.1 Å². The maximum absolute atomic E-state index is 9.16. The number of hydrogen-bond acceptors (Lipinski definition) is 2. The number of aliphatic hydroxyl groups is 1. The quantitative estimate of drug-likeness (QED) is 0.671. The first-order valence-corrected chi connectivity index (χ1v) is 5.23. The highest BCUT2D eigenvalue weighted by molar-refractivity contribution is 6.07. The minimum absolute atomic E-state index is 0.0808. The fourth-order valence-electron chi connectivity index (χ4n) is 2.20. The highest BCUT2D eigenvalue weighted by Gasteiger charge is 2.07. The summed E-state index contributed by atoms with van der Waals surface area (Å²) in [4.78, 5) is 4.14. The van der Waals surface area contributed by atoms with Crippen LogP contribution in [0, 0.1) is 0 Å². The van der Waals surface area contributed by atoms with Crippen molar-refractivity contribution in [2.75, 3.05) is 0 Å². The molecular formula is C13H12N2O. The Morgan fingerprint density at radius 1 is 1.19 bits per heavy atom. The number of rotatable bonds is 1. The van der Waals surface area contributed by atoms with Crippen molar-refractivity contribution in [3.63, 3.8) is 0 Å². The number of aryl methyl sites for hydroxylation is 1. The molecule has 0 atom stereocenters. The normalized spacial score (nSPS) is 11.4. The number of nitrogens with zero attached hydrogens (tertiary/aromatic N) is 2. The third-order valence-electron chi connectivity index (χ3n) is 3.06. The van der Waals surface area contributed by atoms with Crippen molar-refractivity contribution < 1.29 is 5.11 Å². The molecule has 16 heavy (non-hydrogen) atoms. The molecule has 0 saturated carbocycles. The first kappa shape index (κ1) is 9.36. The minimum atomic E-state index is 0.0808. The first-order valence-electron chi connectivity index (χ1n) is 5.23. The first-order chi connectivity index (χ1) is 7.81. The van der Waals surface area contributed by atoms with Gasteiger partial charge in [-0.05, 0) is 23.8 Å². The van der Waals surface area contributed by atoms with Crippen molar-refractivity contribution in [1.29, 1.82) is 0 Å². The molecule has 0 amide bonds. The van der Waals surface area contributed by atoms with Crippen LogP contribution in [0.5, 0.6) is 0 Å². The summed E-state index contributed by atoms with van der Waals surface area (Å²) in [5, 5.41) is 11.5. The van der Waals surface area contributed by atoms with Crippen LogP contribution < -0.4 is 0 Å². The van der Waals surface area contributed by atoms with E-state index >= 15 is 0 Å². The summed E-state index contributed by atoms with van der Waals surface area (Å²) in [5.41, 5.74) is 3.23. The molecule has 0 bridgehead atoms. The summed E-state index contributed by atoms with van der Waals surface area (Å²) >= 11 is 0. The standard InChI is InChI=1S/C13H12N2O/c1-15-12-3-2-9(8-16)6-11(12)10-4-5-14-7-13(10)15/h2-7,16H,8H2,1H3. The van der Waals surface area contributed by atoms with E-state index in [1.807, 2.05) is 37.5 Å². The second kappa shape index (κ2) is 3.32. The van der Waals surface area contributed by atoms with Crippen molar-refractivity contribution >= 4 is 21.8 Å². The van der Waals surface area contributed by atoms with Crippen molar-refractivity contribution in [3.8, 4) is 0 Å². The molecular weight excluding hydrogens is 200 g/mol. The number of aromatic nitrogens is 2. The summed E-state index contributed by atoms with van der Waals surface area (Å²) in [5.74, 6) is 0. The predicted octanol–water partition coefficient (Wildman–Crippen LogP) is 2.22. The van der Waals surface area contributed by atoms with Gasteiger partial charge in [-0.2, -0.15) is 0 Å². The molecule has 1 N–H and O–H groups in total. The lowest BCUT2D eigenvalue weighted by Crippen LogP contribution is -1.87. The average molecular weight is 212 g/mol. The highest BCUT2D eigenvalue weighted by atomic mass is 16.3. The molecule has 0 aliphatic heterocycles. The Balaban J connectivity index is 2.52. The maximum atomic E-state index is 9.16. The molecule has 3 rings (SSSR count). The Kier molecular flexibility index (Phi) is 1.94.